The number of aromatic nitrogens is 3. The van der Waals surface area contributed by atoms with Gasteiger partial charge < -0.3 is 15.2 Å². The third-order valence-corrected chi connectivity index (χ3v) is 3.65. The highest BCUT2D eigenvalue weighted by atomic mass is 16.5. The molecule has 2 aromatic heterocycles. The molecular weight excluding hydrogens is 282 g/mol. The third kappa shape index (κ3) is 3.41. The van der Waals surface area contributed by atoms with Crippen molar-refractivity contribution in [1.82, 2.24) is 20.4 Å². The maximum Gasteiger partial charge on any atom is 0.270 e. The molecule has 2 heterocycles. The van der Waals surface area contributed by atoms with E-state index in [2.05, 4.69) is 25.8 Å². The first kappa shape index (κ1) is 14.5. The van der Waals surface area contributed by atoms with Crippen LogP contribution in [0.5, 0.6) is 0 Å². The number of amides is 1. The molecule has 7 nitrogen and oxygen atoms in total. The summed E-state index contributed by atoms with van der Waals surface area (Å²) in [6, 6.07) is 3.65. The van der Waals surface area contributed by atoms with Crippen molar-refractivity contribution in [2.75, 3.05) is 5.32 Å². The number of aryl methyl sites for hydroxylation is 2. The molecular formula is C15H19N5O2. The van der Waals surface area contributed by atoms with Crippen LogP contribution in [0.2, 0.25) is 0 Å². The summed E-state index contributed by atoms with van der Waals surface area (Å²) in [6.07, 6.45) is 4.43. The van der Waals surface area contributed by atoms with Crippen LogP contribution >= 0.6 is 0 Å². The number of carbonyl (C=O) groups excluding carboxylic acids is 1. The summed E-state index contributed by atoms with van der Waals surface area (Å²) in [5.74, 6) is 2.15. The molecule has 0 aromatic carbocycles. The van der Waals surface area contributed by atoms with Crippen LogP contribution in [-0.2, 0) is 0 Å². The van der Waals surface area contributed by atoms with E-state index in [9.17, 15) is 4.79 Å². The number of nitrogens with one attached hydrogen (secondary N) is 2. The molecule has 1 amide bonds. The fraction of sp³-hybridized carbons (Fsp3) is 0.467. The molecule has 1 aliphatic carbocycles. The zero-order valence-electron chi connectivity index (χ0n) is 12.7. The maximum absolute atomic E-state index is 12.3. The number of hydrogen-bond donors (Lipinski definition) is 2. The molecule has 2 aromatic rings. The zero-order chi connectivity index (χ0) is 15.5. The van der Waals surface area contributed by atoms with Crippen LogP contribution < -0.4 is 10.6 Å². The SMILES string of the molecule is Cc1nc(Nc2cc(C)on2)cc(C(=O)NC2CCCC2)n1. The van der Waals surface area contributed by atoms with Gasteiger partial charge in [0.1, 0.15) is 23.1 Å². The number of carbonyl (C=O) groups is 1. The summed E-state index contributed by atoms with van der Waals surface area (Å²) in [5, 5.41) is 9.90. The monoisotopic (exact) mass is 301 g/mol. The Labute approximate surface area is 128 Å². The van der Waals surface area contributed by atoms with Gasteiger partial charge in [0.25, 0.3) is 5.91 Å². The molecule has 0 atom stereocenters. The minimum Gasteiger partial charge on any atom is -0.360 e. The van der Waals surface area contributed by atoms with Crippen molar-refractivity contribution < 1.29 is 9.32 Å². The zero-order valence-corrected chi connectivity index (χ0v) is 12.7. The lowest BCUT2D eigenvalue weighted by molar-refractivity contribution is 0.0932. The van der Waals surface area contributed by atoms with Crippen molar-refractivity contribution >= 4 is 17.5 Å². The topological polar surface area (TPSA) is 92.9 Å². The lowest BCUT2D eigenvalue weighted by atomic mass is 10.2. The van der Waals surface area contributed by atoms with E-state index in [1.165, 1.54) is 12.8 Å². The number of nitrogens with zero attached hydrogens (tertiary/aromatic N) is 3. The number of rotatable bonds is 4. The first-order valence-electron chi connectivity index (χ1n) is 7.47. The molecule has 0 aliphatic heterocycles. The van der Waals surface area contributed by atoms with E-state index in [-0.39, 0.29) is 11.9 Å². The summed E-state index contributed by atoms with van der Waals surface area (Å²) in [5.41, 5.74) is 0.363. The molecule has 0 bridgehead atoms. The molecule has 0 spiro atoms. The Morgan fingerprint density at radius 3 is 2.64 bits per heavy atom. The predicted molar refractivity (Wildman–Crippen MR) is 81.0 cm³/mol. The second-order valence-electron chi connectivity index (χ2n) is 5.59. The van der Waals surface area contributed by atoms with Gasteiger partial charge in [-0.2, -0.15) is 0 Å². The quantitative estimate of drug-likeness (QED) is 0.901. The van der Waals surface area contributed by atoms with Gasteiger partial charge in [-0.15, -0.1) is 0 Å². The second-order valence-corrected chi connectivity index (χ2v) is 5.59. The molecule has 2 N–H and O–H groups in total. The van der Waals surface area contributed by atoms with E-state index < -0.39 is 0 Å². The third-order valence-electron chi connectivity index (χ3n) is 3.65. The average Bonchev–Trinajstić information content (AvgIpc) is 3.10. The first-order valence-corrected chi connectivity index (χ1v) is 7.47. The Morgan fingerprint density at radius 2 is 1.95 bits per heavy atom. The normalized spacial score (nSPS) is 15.0. The van der Waals surface area contributed by atoms with Crippen molar-refractivity contribution in [2.24, 2.45) is 0 Å². The molecule has 1 aliphatic rings. The standard InChI is InChI=1S/C15H19N5O2/c1-9-7-14(20-22-9)19-13-8-12(16-10(2)17-13)15(21)18-11-5-3-4-6-11/h7-8,11H,3-6H2,1-2H3,(H,18,21)(H,16,17,19,20). The van der Waals surface area contributed by atoms with Crippen LogP contribution in [0.1, 0.15) is 47.8 Å². The maximum atomic E-state index is 12.3. The summed E-state index contributed by atoms with van der Waals surface area (Å²) < 4.78 is 5.00. The van der Waals surface area contributed by atoms with Crippen LogP contribution in [0.15, 0.2) is 16.7 Å². The molecule has 7 heteroatoms. The highest BCUT2D eigenvalue weighted by molar-refractivity contribution is 5.93. The summed E-state index contributed by atoms with van der Waals surface area (Å²) in [7, 11) is 0. The molecule has 1 fully saturated rings. The summed E-state index contributed by atoms with van der Waals surface area (Å²) >= 11 is 0. The van der Waals surface area contributed by atoms with Gasteiger partial charge in [-0.3, -0.25) is 4.79 Å². The molecule has 1 saturated carbocycles. The fourth-order valence-electron chi connectivity index (χ4n) is 2.63. The molecule has 3 rings (SSSR count). The van der Waals surface area contributed by atoms with Gasteiger partial charge in [0.15, 0.2) is 5.82 Å². The minimum atomic E-state index is -0.156. The van der Waals surface area contributed by atoms with Crippen LogP contribution in [-0.4, -0.2) is 27.1 Å². The lowest BCUT2D eigenvalue weighted by Gasteiger charge is -2.12. The highest BCUT2D eigenvalue weighted by Gasteiger charge is 2.19. The fourth-order valence-corrected chi connectivity index (χ4v) is 2.63. The van der Waals surface area contributed by atoms with E-state index in [0.717, 1.165) is 12.8 Å². The highest BCUT2D eigenvalue weighted by Crippen LogP contribution is 2.19. The largest absolute Gasteiger partial charge is 0.360 e. The van der Waals surface area contributed by atoms with Crippen molar-refractivity contribution in [1.29, 1.82) is 0 Å². The summed E-state index contributed by atoms with van der Waals surface area (Å²) in [4.78, 5) is 20.8. The van der Waals surface area contributed by atoms with Crippen molar-refractivity contribution in [3.05, 3.63) is 29.4 Å². The van der Waals surface area contributed by atoms with Crippen LogP contribution in [0.3, 0.4) is 0 Å². The Bertz CT molecular complexity index is 676. The Balaban J connectivity index is 1.75. The lowest BCUT2D eigenvalue weighted by Crippen LogP contribution is -2.33. The van der Waals surface area contributed by atoms with Gasteiger partial charge in [0, 0.05) is 18.2 Å². The van der Waals surface area contributed by atoms with Crippen molar-refractivity contribution in [3.8, 4) is 0 Å². The van der Waals surface area contributed by atoms with Crippen molar-refractivity contribution in [3.63, 3.8) is 0 Å². The van der Waals surface area contributed by atoms with Gasteiger partial charge >= 0.3 is 0 Å². The average molecular weight is 301 g/mol. The first-order chi connectivity index (χ1) is 10.6. The van der Waals surface area contributed by atoms with Crippen LogP contribution in [0, 0.1) is 13.8 Å². The molecule has 116 valence electrons. The van der Waals surface area contributed by atoms with E-state index >= 15 is 0 Å². The van der Waals surface area contributed by atoms with Gasteiger partial charge in [-0.1, -0.05) is 18.0 Å². The van der Waals surface area contributed by atoms with Gasteiger partial charge in [0.2, 0.25) is 0 Å². The van der Waals surface area contributed by atoms with E-state index in [1.54, 1.807) is 19.1 Å². The van der Waals surface area contributed by atoms with Crippen LogP contribution in [0.4, 0.5) is 11.6 Å². The van der Waals surface area contributed by atoms with Gasteiger partial charge in [-0.25, -0.2) is 9.97 Å². The molecule has 0 unspecified atom stereocenters. The Hall–Kier alpha value is -2.44. The second kappa shape index (κ2) is 6.13. The Kier molecular flexibility index (Phi) is 4.04. The van der Waals surface area contributed by atoms with Gasteiger partial charge in [0.05, 0.1) is 0 Å². The van der Waals surface area contributed by atoms with E-state index in [1.807, 2.05) is 6.92 Å². The minimum absolute atomic E-state index is 0.156. The smallest absolute Gasteiger partial charge is 0.270 e. The summed E-state index contributed by atoms with van der Waals surface area (Å²) in [6.45, 7) is 3.56. The van der Waals surface area contributed by atoms with Crippen LogP contribution in [0.25, 0.3) is 0 Å². The number of anilines is 2. The number of hydrogen-bond acceptors (Lipinski definition) is 6. The predicted octanol–water partition coefficient (Wildman–Crippen LogP) is 2.50. The van der Waals surface area contributed by atoms with Gasteiger partial charge in [-0.05, 0) is 26.7 Å². The molecule has 0 saturated heterocycles. The Morgan fingerprint density at radius 1 is 1.18 bits per heavy atom. The molecule has 0 radical (unpaired) electrons. The van der Waals surface area contributed by atoms with Crippen molar-refractivity contribution in [2.45, 2.75) is 45.6 Å². The molecule has 22 heavy (non-hydrogen) atoms. The van der Waals surface area contributed by atoms with E-state index in [0.29, 0.717) is 28.9 Å². The van der Waals surface area contributed by atoms with E-state index in [4.69, 9.17) is 4.52 Å².